The third-order valence-electron chi connectivity index (χ3n) is 1.86. The van der Waals surface area contributed by atoms with Crippen molar-refractivity contribution in [3.8, 4) is 0 Å². The van der Waals surface area contributed by atoms with Crippen LogP contribution in [0.15, 0.2) is 12.1 Å². The van der Waals surface area contributed by atoms with E-state index in [9.17, 15) is 4.79 Å². The van der Waals surface area contributed by atoms with E-state index in [0.717, 1.165) is 0 Å². The molecule has 0 atom stereocenters. The van der Waals surface area contributed by atoms with Crippen molar-refractivity contribution in [2.45, 2.75) is 0 Å². The number of methoxy groups -OCH3 is 1. The van der Waals surface area contributed by atoms with E-state index in [2.05, 4.69) is 5.32 Å². The van der Waals surface area contributed by atoms with E-state index in [1.165, 1.54) is 12.1 Å². The number of hydrogen-bond donors (Lipinski definition) is 1. The van der Waals surface area contributed by atoms with Crippen LogP contribution in [-0.4, -0.2) is 26.2 Å². The van der Waals surface area contributed by atoms with Crippen LogP contribution >= 0.6 is 34.8 Å². The molecule has 88 valence electrons. The number of ether oxygens (including phenoxy) is 1. The first-order chi connectivity index (χ1) is 7.57. The Morgan fingerprint density at radius 2 is 1.94 bits per heavy atom. The number of carbonyl (C=O) groups excluding carboxylic acids is 1. The highest BCUT2D eigenvalue weighted by molar-refractivity contribution is 6.46. The van der Waals surface area contributed by atoms with Crippen LogP contribution in [0.3, 0.4) is 0 Å². The molecule has 1 aromatic carbocycles. The predicted octanol–water partition coefficient (Wildman–Crippen LogP) is 3.02. The first-order valence-corrected chi connectivity index (χ1v) is 5.62. The summed E-state index contributed by atoms with van der Waals surface area (Å²) < 4.78 is 4.81. The second-order valence-electron chi connectivity index (χ2n) is 2.97. The number of halogens is 3. The lowest BCUT2D eigenvalue weighted by Gasteiger charge is -2.08. The van der Waals surface area contributed by atoms with Crippen LogP contribution in [-0.2, 0) is 4.74 Å². The summed E-state index contributed by atoms with van der Waals surface area (Å²) in [7, 11) is 1.55. The van der Waals surface area contributed by atoms with Crippen LogP contribution in [0.25, 0.3) is 0 Å². The van der Waals surface area contributed by atoms with Crippen molar-refractivity contribution in [1.82, 2.24) is 5.32 Å². The van der Waals surface area contributed by atoms with Crippen molar-refractivity contribution < 1.29 is 9.53 Å². The number of benzene rings is 1. The molecule has 0 aliphatic heterocycles. The van der Waals surface area contributed by atoms with Crippen molar-refractivity contribution in [2.24, 2.45) is 0 Å². The Bertz CT molecular complexity index is 396. The van der Waals surface area contributed by atoms with E-state index >= 15 is 0 Å². The van der Waals surface area contributed by atoms with Gasteiger partial charge in [0.1, 0.15) is 0 Å². The zero-order valence-corrected chi connectivity index (χ0v) is 10.8. The number of carbonyl (C=O) groups is 1. The quantitative estimate of drug-likeness (QED) is 0.681. The van der Waals surface area contributed by atoms with Crippen molar-refractivity contribution in [2.75, 3.05) is 20.3 Å². The maximum Gasteiger partial charge on any atom is 0.254 e. The molecule has 1 amide bonds. The molecule has 1 N–H and O–H groups in total. The molecule has 0 unspecified atom stereocenters. The van der Waals surface area contributed by atoms with Gasteiger partial charge in [0.05, 0.1) is 27.2 Å². The fourth-order valence-electron chi connectivity index (χ4n) is 1.09. The molecule has 0 saturated heterocycles. The number of nitrogens with one attached hydrogen (secondary N) is 1. The second-order valence-corrected chi connectivity index (χ2v) is 4.16. The molecule has 6 heteroatoms. The maximum atomic E-state index is 11.7. The zero-order valence-electron chi connectivity index (χ0n) is 8.52. The third kappa shape index (κ3) is 3.25. The predicted molar refractivity (Wildman–Crippen MR) is 65.7 cm³/mol. The highest BCUT2D eigenvalue weighted by Gasteiger charge is 2.16. The molecule has 1 rings (SSSR count). The van der Waals surface area contributed by atoms with Crippen LogP contribution in [0, 0.1) is 0 Å². The normalized spacial score (nSPS) is 10.2. The van der Waals surface area contributed by atoms with Crippen molar-refractivity contribution in [3.05, 3.63) is 32.8 Å². The highest BCUT2D eigenvalue weighted by atomic mass is 35.5. The minimum Gasteiger partial charge on any atom is -0.383 e. The average Bonchev–Trinajstić information content (AvgIpc) is 2.24. The van der Waals surface area contributed by atoms with Gasteiger partial charge in [0.25, 0.3) is 5.91 Å². The molecule has 0 saturated carbocycles. The Kier molecular flexibility index (Phi) is 5.35. The van der Waals surface area contributed by atoms with Gasteiger partial charge in [-0.25, -0.2) is 0 Å². The Hall–Kier alpha value is -0.480. The van der Waals surface area contributed by atoms with Crippen molar-refractivity contribution in [1.29, 1.82) is 0 Å². The van der Waals surface area contributed by atoms with Gasteiger partial charge in [0.15, 0.2) is 0 Å². The lowest BCUT2D eigenvalue weighted by Crippen LogP contribution is -2.27. The summed E-state index contributed by atoms with van der Waals surface area (Å²) in [6, 6.07) is 3.07. The summed E-state index contributed by atoms with van der Waals surface area (Å²) in [5.74, 6) is -0.366. The summed E-state index contributed by atoms with van der Waals surface area (Å²) in [5, 5.41) is 3.34. The molecule has 0 heterocycles. The van der Waals surface area contributed by atoms with E-state index in [1.54, 1.807) is 7.11 Å². The van der Waals surface area contributed by atoms with Crippen LogP contribution in [0.1, 0.15) is 10.4 Å². The van der Waals surface area contributed by atoms with Gasteiger partial charge in [-0.05, 0) is 12.1 Å². The van der Waals surface area contributed by atoms with Crippen LogP contribution < -0.4 is 5.32 Å². The molecule has 0 aliphatic carbocycles. The summed E-state index contributed by atoms with van der Waals surface area (Å²) >= 11 is 17.6. The Morgan fingerprint density at radius 3 is 2.56 bits per heavy atom. The van der Waals surface area contributed by atoms with E-state index in [-0.39, 0.29) is 21.5 Å². The van der Waals surface area contributed by atoms with Gasteiger partial charge in [-0.1, -0.05) is 34.8 Å². The van der Waals surface area contributed by atoms with Crippen molar-refractivity contribution >= 4 is 40.7 Å². The molecule has 0 radical (unpaired) electrons. The van der Waals surface area contributed by atoms with E-state index < -0.39 is 0 Å². The number of rotatable bonds is 4. The van der Waals surface area contributed by atoms with Gasteiger partial charge in [-0.15, -0.1) is 0 Å². The molecule has 0 aromatic heterocycles. The third-order valence-corrected chi connectivity index (χ3v) is 2.98. The molecule has 3 nitrogen and oxygen atoms in total. The average molecular weight is 283 g/mol. The number of hydrogen-bond acceptors (Lipinski definition) is 2. The fourth-order valence-corrected chi connectivity index (χ4v) is 1.79. The second kappa shape index (κ2) is 6.30. The summed E-state index contributed by atoms with van der Waals surface area (Å²) in [4.78, 5) is 11.7. The summed E-state index contributed by atoms with van der Waals surface area (Å²) in [6.07, 6.45) is 0. The summed E-state index contributed by atoms with van der Waals surface area (Å²) in [6.45, 7) is 0.802. The lowest BCUT2D eigenvalue weighted by molar-refractivity contribution is 0.0937. The standard InChI is InChI=1S/C10H10Cl3NO2/c1-16-5-4-14-10(15)8-6(11)2-3-7(12)9(8)13/h2-3H,4-5H2,1H3,(H,14,15). The van der Waals surface area contributed by atoms with Gasteiger partial charge in [0.2, 0.25) is 0 Å². The van der Waals surface area contributed by atoms with Gasteiger partial charge in [-0.2, -0.15) is 0 Å². The SMILES string of the molecule is COCCNC(=O)c1c(Cl)ccc(Cl)c1Cl. The van der Waals surface area contributed by atoms with E-state index in [1.807, 2.05) is 0 Å². The Labute approximate surface area is 109 Å². The molecule has 16 heavy (non-hydrogen) atoms. The molecule has 0 aliphatic rings. The smallest absolute Gasteiger partial charge is 0.254 e. The van der Waals surface area contributed by atoms with Gasteiger partial charge >= 0.3 is 0 Å². The first kappa shape index (κ1) is 13.6. The molecular formula is C10H10Cl3NO2. The largest absolute Gasteiger partial charge is 0.383 e. The Morgan fingerprint density at radius 1 is 1.31 bits per heavy atom. The maximum absolute atomic E-state index is 11.7. The van der Waals surface area contributed by atoms with E-state index in [0.29, 0.717) is 18.2 Å². The molecular weight excluding hydrogens is 272 g/mol. The molecule has 1 aromatic rings. The van der Waals surface area contributed by atoms with Crippen LogP contribution in [0.5, 0.6) is 0 Å². The minimum atomic E-state index is -0.366. The molecule has 0 spiro atoms. The minimum absolute atomic E-state index is 0.157. The van der Waals surface area contributed by atoms with E-state index in [4.69, 9.17) is 39.5 Å². The van der Waals surface area contributed by atoms with Crippen LogP contribution in [0.2, 0.25) is 15.1 Å². The molecule has 0 bridgehead atoms. The lowest BCUT2D eigenvalue weighted by atomic mass is 10.2. The first-order valence-electron chi connectivity index (χ1n) is 4.48. The highest BCUT2D eigenvalue weighted by Crippen LogP contribution is 2.31. The zero-order chi connectivity index (χ0) is 12.1. The summed E-state index contributed by atoms with van der Waals surface area (Å²) in [5.41, 5.74) is 0.187. The Balaban J connectivity index is 2.86. The van der Waals surface area contributed by atoms with Gasteiger partial charge in [0, 0.05) is 13.7 Å². The topological polar surface area (TPSA) is 38.3 Å². The number of amides is 1. The fraction of sp³-hybridized carbons (Fsp3) is 0.300. The molecule has 0 fully saturated rings. The monoisotopic (exact) mass is 281 g/mol. The van der Waals surface area contributed by atoms with Crippen molar-refractivity contribution in [3.63, 3.8) is 0 Å². The van der Waals surface area contributed by atoms with Crippen LogP contribution in [0.4, 0.5) is 0 Å². The van der Waals surface area contributed by atoms with Gasteiger partial charge in [-0.3, -0.25) is 4.79 Å². The van der Waals surface area contributed by atoms with Gasteiger partial charge < -0.3 is 10.1 Å².